The van der Waals surface area contributed by atoms with Gasteiger partial charge in [-0.25, -0.2) is 14.8 Å². The molecule has 0 saturated heterocycles. The topological polar surface area (TPSA) is 117 Å². The maximum atomic E-state index is 12.6. The van der Waals surface area contributed by atoms with Crippen LogP contribution in [0.15, 0.2) is 6.33 Å². The molecule has 228 valence electrons. The van der Waals surface area contributed by atoms with Crippen molar-refractivity contribution in [3.63, 3.8) is 0 Å². The van der Waals surface area contributed by atoms with Crippen molar-refractivity contribution in [3.8, 4) is 5.88 Å². The zero-order valence-corrected chi connectivity index (χ0v) is 28.0. The van der Waals surface area contributed by atoms with Crippen LogP contribution < -0.4 is 10.5 Å². The first kappa shape index (κ1) is 31.7. The van der Waals surface area contributed by atoms with Crippen LogP contribution in [0.5, 0.6) is 5.88 Å². The van der Waals surface area contributed by atoms with E-state index in [-0.39, 0.29) is 29.2 Å². The Bertz CT molecular complexity index is 1260. The average Bonchev–Trinajstić information content (AvgIpc) is 3.41. The minimum atomic E-state index is -2.19. The number of thiophene rings is 1. The van der Waals surface area contributed by atoms with Crippen molar-refractivity contribution in [2.75, 3.05) is 7.05 Å². The summed E-state index contributed by atoms with van der Waals surface area (Å²) in [5.74, 6) is 0.348. The van der Waals surface area contributed by atoms with Gasteiger partial charge in [0.05, 0.1) is 5.39 Å². The fourth-order valence-corrected chi connectivity index (χ4v) is 8.08. The molecule has 1 fully saturated rings. The standard InChI is InChI=1S/C30H48N4O5SSi/c1-29(2,3)38-28(36)34(7)19-11-13-20(14-12-19)37-26-24-23-18(10-15-22(23)40-27(24)33-17-32-26)16-21(25(31)35)39-41(8,9)30(4,5)6/h17-21H,10-16H2,1-9H3,(H2,31,35)/t18-,19?,20?,21+/m1/s1. The van der Waals surface area contributed by atoms with Crippen molar-refractivity contribution in [3.05, 3.63) is 16.8 Å². The molecule has 2 aliphatic rings. The molecule has 11 heteroatoms. The molecule has 41 heavy (non-hydrogen) atoms. The molecule has 2 atom stereocenters. The predicted molar refractivity (Wildman–Crippen MR) is 165 cm³/mol. The number of carbonyl (C=O) groups is 2. The van der Waals surface area contributed by atoms with Gasteiger partial charge in [0, 0.05) is 18.0 Å². The van der Waals surface area contributed by atoms with Gasteiger partial charge >= 0.3 is 6.09 Å². The van der Waals surface area contributed by atoms with E-state index < -0.39 is 25.9 Å². The molecule has 0 aromatic carbocycles. The lowest BCUT2D eigenvalue weighted by Crippen LogP contribution is -2.48. The fraction of sp³-hybridized carbons (Fsp3) is 0.733. The number of aryl methyl sites for hydroxylation is 1. The second kappa shape index (κ2) is 11.8. The number of hydrogen-bond acceptors (Lipinski definition) is 8. The number of rotatable bonds is 8. The van der Waals surface area contributed by atoms with Crippen molar-refractivity contribution >= 4 is 41.9 Å². The van der Waals surface area contributed by atoms with E-state index in [9.17, 15) is 9.59 Å². The first-order valence-corrected chi connectivity index (χ1v) is 18.5. The number of nitrogens with zero attached hydrogens (tertiary/aromatic N) is 3. The van der Waals surface area contributed by atoms with Crippen molar-refractivity contribution in [2.45, 2.75) is 134 Å². The average molecular weight is 605 g/mol. The van der Waals surface area contributed by atoms with E-state index in [4.69, 9.17) is 19.6 Å². The molecule has 4 rings (SSSR count). The van der Waals surface area contributed by atoms with Gasteiger partial charge in [0.15, 0.2) is 8.32 Å². The van der Waals surface area contributed by atoms with Crippen LogP contribution >= 0.6 is 11.3 Å². The number of aromatic nitrogens is 2. The van der Waals surface area contributed by atoms with Gasteiger partial charge in [0.25, 0.3) is 0 Å². The molecule has 2 aromatic rings. The van der Waals surface area contributed by atoms with Crippen molar-refractivity contribution in [1.29, 1.82) is 0 Å². The summed E-state index contributed by atoms with van der Waals surface area (Å²) >= 11 is 1.69. The summed E-state index contributed by atoms with van der Waals surface area (Å²) in [6, 6.07) is 0.122. The summed E-state index contributed by atoms with van der Waals surface area (Å²) in [6.45, 7) is 16.5. The number of ether oxygens (including phenoxy) is 2. The summed E-state index contributed by atoms with van der Waals surface area (Å²) in [6.07, 6.45) is 6.42. The molecule has 2 N–H and O–H groups in total. The highest BCUT2D eigenvalue weighted by Crippen LogP contribution is 2.48. The number of amides is 2. The molecule has 0 radical (unpaired) electrons. The van der Waals surface area contributed by atoms with Gasteiger partial charge in [-0.1, -0.05) is 20.8 Å². The predicted octanol–water partition coefficient (Wildman–Crippen LogP) is 6.54. The number of hydrogen-bond donors (Lipinski definition) is 1. The van der Waals surface area contributed by atoms with E-state index in [0.717, 1.165) is 48.7 Å². The summed E-state index contributed by atoms with van der Waals surface area (Å²) in [5, 5.41) is 0.949. The summed E-state index contributed by atoms with van der Waals surface area (Å²) in [5.41, 5.74) is 6.57. The van der Waals surface area contributed by atoms with E-state index in [1.165, 1.54) is 10.4 Å². The lowest BCUT2D eigenvalue weighted by atomic mass is 9.92. The highest BCUT2D eigenvalue weighted by Gasteiger charge is 2.42. The van der Waals surface area contributed by atoms with E-state index in [1.54, 1.807) is 22.6 Å². The van der Waals surface area contributed by atoms with Gasteiger partial charge in [0.2, 0.25) is 11.8 Å². The van der Waals surface area contributed by atoms with E-state index in [1.807, 2.05) is 27.8 Å². The smallest absolute Gasteiger partial charge is 0.410 e. The van der Waals surface area contributed by atoms with E-state index in [2.05, 4.69) is 43.8 Å². The van der Waals surface area contributed by atoms with E-state index >= 15 is 0 Å². The first-order valence-electron chi connectivity index (χ1n) is 14.8. The fourth-order valence-electron chi connectivity index (χ4n) is 5.57. The molecule has 2 heterocycles. The zero-order chi connectivity index (χ0) is 30.3. The Balaban J connectivity index is 1.48. The van der Waals surface area contributed by atoms with Gasteiger partial charge in [-0.2, -0.15) is 0 Å². The third-order valence-electron chi connectivity index (χ3n) is 8.91. The molecule has 0 bridgehead atoms. The normalized spacial score (nSPS) is 22.3. The Kier molecular flexibility index (Phi) is 9.12. The van der Waals surface area contributed by atoms with Crippen molar-refractivity contribution in [1.82, 2.24) is 14.9 Å². The Labute approximate surface area is 249 Å². The molecule has 1 saturated carbocycles. The Hall–Kier alpha value is -2.24. The second-order valence-corrected chi connectivity index (χ2v) is 20.0. The summed E-state index contributed by atoms with van der Waals surface area (Å²) in [4.78, 5) is 38.2. The Morgan fingerprint density at radius 2 is 1.76 bits per heavy atom. The van der Waals surface area contributed by atoms with Crippen LogP contribution in [-0.2, 0) is 20.4 Å². The number of carbonyl (C=O) groups excluding carboxylic acids is 2. The molecular weight excluding hydrogens is 557 g/mol. The SMILES string of the molecule is CN(C(=O)OC(C)(C)C)C1CCC(Oc2ncnc3sc4c(c23)[C@@H](C[C@H](O[Si](C)(C)C(C)(C)C)C(N)=O)CC4)CC1. The molecular formula is C30H48N4O5SSi. The number of fused-ring (bicyclic) bond motifs is 3. The monoisotopic (exact) mass is 604 g/mol. The molecule has 0 aliphatic heterocycles. The Morgan fingerprint density at radius 3 is 2.34 bits per heavy atom. The van der Waals surface area contributed by atoms with Crippen LogP contribution in [-0.4, -0.2) is 66.1 Å². The summed E-state index contributed by atoms with van der Waals surface area (Å²) in [7, 11) is -0.369. The van der Waals surface area contributed by atoms with Crippen molar-refractivity contribution in [2.24, 2.45) is 5.73 Å². The highest BCUT2D eigenvalue weighted by atomic mass is 32.1. The summed E-state index contributed by atoms with van der Waals surface area (Å²) < 4.78 is 18.6. The lowest BCUT2D eigenvalue weighted by molar-refractivity contribution is -0.125. The minimum Gasteiger partial charge on any atom is -0.474 e. The van der Waals surface area contributed by atoms with Crippen LogP contribution in [0.4, 0.5) is 4.79 Å². The molecule has 0 spiro atoms. The quantitative estimate of drug-likeness (QED) is 0.340. The maximum Gasteiger partial charge on any atom is 0.410 e. The van der Waals surface area contributed by atoms with Gasteiger partial charge in [-0.3, -0.25) is 4.79 Å². The number of primary amides is 1. The Morgan fingerprint density at radius 1 is 1.10 bits per heavy atom. The maximum absolute atomic E-state index is 12.6. The third kappa shape index (κ3) is 7.22. The zero-order valence-electron chi connectivity index (χ0n) is 26.2. The van der Waals surface area contributed by atoms with Gasteiger partial charge < -0.3 is 24.5 Å². The first-order chi connectivity index (χ1) is 19.0. The van der Waals surface area contributed by atoms with Crippen LogP contribution in [0.25, 0.3) is 10.2 Å². The van der Waals surface area contributed by atoms with Gasteiger partial charge in [-0.05, 0) is 95.3 Å². The van der Waals surface area contributed by atoms with Crippen LogP contribution in [0.3, 0.4) is 0 Å². The molecule has 2 aliphatic carbocycles. The highest BCUT2D eigenvalue weighted by molar-refractivity contribution is 7.19. The van der Waals surface area contributed by atoms with Crippen LogP contribution in [0.2, 0.25) is 18.1 Å². The largest absolute Gasteiger partial charge is 0.474 e. The van der Waals surface area contributed by atoms with Crippen LogP contribution in [0.1, 0.15) is 96.4 Å². The second-order valence-electron chi connectivity index (χ2n) is 14.2. The van der Waals surface area contributed by atoms with Crippen LogP contribution in [0, 0.1) is 0 Å². The number of nitrogens with two attached hydrogens (primary N) is 1. The van der Waals surface area contributed by atoms with Crippen molar-refractivity contribution < 1.29 is 23.5 Å². The third-order valence-corrected chi connectivity index (χ3v) is 14.6. The molecule has 9 nitrogen and oxygen atoms in total. The molecule has 2 aromatic heterocycles. The van der Waals surface area contributed by atoms with Gasteiger partial charge in [-0.15, -0.1) is 11.3 Å². The van der Waals surface area contributed by atoms with Gasteiger partial charge in [0.1, 0.15) is 29.0 Å². The lowest BCUT2D eigenvalue weighted by Gasteiger charge is -2.39. The van der Waals surface area contributed by atoms with E-state index in [0.29, 0.717) is 12.3 Å². The minimum absolute atomic E-state index is 0.00655. The molecule has 2 amide bonds. The molecule has 0 unspecified atom stereocenters.